The van der Waals surface area contributed by atoms with E-state index in [0.29, 0.717) is 5.92 Å². The molecule has 0 spiro atoms. The Hall–Kier alpha value is -0.830. The summed E-state index contributed by atoms with van der Waals surface area (Å²) in [5.74, 6) is 1.75. The Morgan fingerprint density at radius 3 is 2.00 bits per heavy atom. The summed E-state index contributed by atoms with van der Waals surface area (Å²) in [5.41, 5.74) is -5.53. The van der Waals surface area contributed by atoms with Crippen LogP contribution in [-0.2, 0) is 10.1 Å². The molecule has 2 N–H and O–H groups in total. The summed E-state index contributed by atoms with van der Waals surface area (Å²) >= 11 is 0. The third kappa shape index (κ3) is 5.31. The minimum absolute atomic E-state index is 0.581. The van der Waals surface area contributed by atoms with Crippen molar-refractivity contribution in [3.63, 3.8) is 0 Å². The van der Waals surface area contributed by atoms with Gasteiger partial charge in [-0.3, -0.25) is 9.55 Å². The van der Waals surface area contributed by atoms with Gasteiger partial charge in [0.2, 0.25) is 0 Å². The molecule has 0 amide bonds. The predicted molar refractivity (Wildman–Crippen MR) is 52.7 cm³/mol. The Balaban J connectivity index is 0.000000281. The van der Waals surface area contributed by atoms with Crippen LogP contribution in [0.15, 0.2) is 4.99 Å². The van der Waals surface area contributed by atoms with E-state index in [1.54, 1.807) is 0 Å². The van der Waals surface area contributed by atoms with Crippen LogP contribution in [0.25, 0.3) is 0 Å². The molecule has 0 fully saturated rings. The van der Waals surface area contributed by atoms with Crippen molar-refractivity contribution >= 4 is 16.0 Å². The Kier molecular flexibility index (Phi) is 5.20. The van der Waals surface area contributed by atoms with Crippen molar-refractivity contribution in [2.24, 2.45) is 10.9 Å². The van der Waals surface area contributed by atoms with E-state index in [-0.39, 0.29) is 0 Å². The first-order valence-electron chi connectivity index (χ1n) is 4.37. The summed E-state index contributed by atoms with van der Waals surface area (Å²) in [4.78, 5) is 4.24. The van der Waals surface area contributed by atoms with Gasteiger partial charge < -0.3 is 5.32 Å². The van der Waals surface area contributed by atoms with E-state index in [1.165, 1.54) is 5.84 Å². The van der Waals surface area contributed by atoms with E-state index < -0.39 is 15.6 Å². The average molecular weight is 262 g/mol. The van der Waals surface area contributed by atoms with Crippen molar-refractivity contribution in [3.05, 3.63) is 0 Å². The second-order valence-electron chi connectivity index (χ2n) is 3.27. The van der Waals surface area contributed by atoms with Crippen LogP contribution in [0.5, 0.6) is 0 Å². The predicted octanol–water partition coefficient (Wildman–Crippen LogP) is 1.04. The molecule has 0 radical (unpaired) electrons. The number of amidine groups is 1. The summed E-state index contributed by atoms with van der Waals surface area (Å²) in [5, 5.41) is 3.21. The number of aliphatic imine (C=N–C) groups is 1. The van der Waals surface area contributed by atoms with Crippen molar-refractivity contribution in [3.8, 4) is 0 Å². The van der Waals surface area contributed by atoms with Crippen LogP contribution < -0.4 is 5.32 Å². The summed E-state index contributed by atoms with van der Waals surface area (Å²) in [6.45, 7) is 6.30. The van der Waals surface area contributed by atoms with Gasteiger partial charge in [0, 0.05) is 12.5 Å². The Bertz CT molecular complexity index is 348. The highest BCUT2D eigenvalue weighted by Gasteiger charge is 2.44. The van der Waals surface area contributed by atoms with Crippen molar-refractivity contribution in [2.45, 2.75) is 19.4 Å². The zero-order valence-electron chi connectivity index (χ0n) is 8.74. The molecule has 1 heterocycles. The maximum atomic E-state index is 10.7. The number of hydrogen-bond acceptors (Lipinski definition) is 4. The summed E-state index contributed by atoms with van der Waals surface area (Å²) in [7, 11) is -5.84. The fraction of sp³-hybridized carbons (Fsp3) is 0.857. The van der Waals surface area contributed by atoms with Crippen LogP contribution in [0.2, 0.25) is 0 Å². The van der Waals surface area contributed by atoms with Crippen LogP contribution in [0.4, 0.5) is 13.2 Å². The summed E-state index contributed by atoms with van der Waals surface area (Å²) < 4.78 is 57.5. The molecule has 5 nitrogen and oxygen atoms in total. The number of halogens is 3. The third-order valence-corrected chi connectivity index (χ3v) is 2.12. The molecule has 9 heteroatoms. The number of hydrogen-bond donors (Lipinski definition) is 2. The highest BCUT2D eigenvalue weighted by Crippen LogP contribution is 2.20. The summed E-state index contributed by atoms with van der Waals surface area (Å²) in [6.07, 6.45) is 0. The molecule has 0 unspecified atom stereocenters. The summed E-state index contributed by atoms with van der Waals surface area (Å²) in [6, 6.07) is 0. The van der Waals surface area contributed by atoms with Crippen molar-refractivity contribution < 1.29 is 26.1 Å². The molecular formula is C7H13F3N2O3S. The zero-order chi connectivity index (χ0) is 13.0. The van der Waals surface area contributed by atoms with Gasteiger partial charge in [-0.15, -0.1) is 0 Å². The average Bonchev–Trinajstić information content (AvgIpc) is 2.51. The molecule has 0 aromatic heterocycles. The minimum atomic E-state index is -5.84. The fourth-order valence-corrected chi connectivity index (χ4v) is 0.803. The van der Waals surface area contributed by atoms with E-state index in [4.69, 9.17) is 13.0 Å². The van der Waals surface area contributed by atoms with Crippen LogP contribution in [0.1, 0.15) is 13.8 Å². The molecule has 0 atom stereocenters. The molecule has 96 valence electrons. The molecule has 1 rings (SSSR count). The molecule has 0 aromatic carbocycles. The van der Waals surface area contributed by atoms with E-state index in [0.717, 1.165) is 13.1 Å². The molecule has 16 heavy (non-hydrogen) atoms. The van der Waals surface area contributed by atoms with Gasteiger partial charge in [-0.1, -0.05) is 13.8 Å². The SMILES string of the molecule is CC(C)C1=NCCN1.O=S(=O)(O)C(F)(F)F. The molecule has 0 saturated carbocycles. The number of alkyl halides is 3. The first kappa shape index (κ1) is 15.2. The zero-order valence-corrected chi connectivity index (χ0v) is 9.56. The van der Waals surface area contributed by atoms with Gasteiger partial charge in [0.05, 0.1) is 12.4 Å². The van der Waals surface area contributed by atoms with E-state index >= 15 is 0 Å². The first-order valence-corrected chi connectivity index (χ1v) is 5.81. The third-order valence-electron chi connectivity index (χ3n) is 1.54. The second-order valence-corrected chi connectivity index (χ2v) is 4.68. The lowest BCUT2D eigenvalue weighted by Crippen LogP contribution is -2.23. The standard InChI is InChI=1S/C6H12N2.CHF3O3S/c1-5(2)6-7-3-4-8-6;2-1(3,4)8(5,6)7/h5H,3-4H2,1-2H3,(H,7,8);(H,5,6,7). The molecule has 0 aromatic rings. The van der Waals surface area contributed by atoms with Crippen LogP contribution in [0, 0.1) is 5.92 Å². The van der Waals surface area contributed by atoms with Gasteiger partial charge in [-0.05, 0) is 0 Å². The first-order chi connectivity index (χ1) is 7.05. The van der Waals surface area contributed by atoms with Crippen LogP contribution in [0.3, 0.4) is 0 Å². The monoisotopic (exact) mass is 262 g/mol. The van der Waals surface area contributed by atoms with Crippen molar-refractivity contribution in [2.75, 3.05) is 13.1 Å². The van der Waals surface area contributed by atoms with Gasteiger partial charge in [0.25, 0.3) is 0 Å². The molecule has 0 bridgehead atoms. The largest absolute Gasteiger partial charge is 0.522 e. The van der Waals surface area contributed by atoms with Crippen molar-refractivity contribution in [1.29, 1.82) is 0 Å². The number of nitrogens with zero attached hydrogens (tertiary/aromatic N) is 1. The number of rotatable bonds is 1. The Labute approximate surface area is 91.5 Å². The lowest BCUT2D eigenvalue weighted by Gasteiger charge is -2.02. The normalized spacial score (nSPS) is 16.3. The Morgan fingerprint density at radius 2 is 1.88 bits per heavy atom. The lowest BCUT2D eigenvalue weighted by atomic mass is 10.2. The Morgan fingerprint density at radius 1 is 1.44 bits per heavy atom. The van der Waals surface area contributed by atoms with Crippen LogP contribution in [-0.4, -0.2) is 37.4 Å². The second kappa shape index (κ2) is 5.48. The maximum absolute atomic E-state index is 10.7. The quantitative estimate of drug-likeness (QED) is 0.546. The number of nitrogens with one attached hydrogen (secondary N) is 1. The van der Waals surface area contributed by atoms with E-state index in [9.17, 15) is 13.2 Å². The molecular weight excluding hydrogens is 249 g/mol. The smallest absolute Gasteiger partial charge is 0.372 e. The topological polar surface area (TPSA) is 78.8 Å². The minimum Gasteiger partial charge on any atom is -0.372 e. The fourth-order valence-electron chi connectivity index (χ4n) is 0.803. The van der Waals surface area contributed by atoms with Gasteiger partial charge in [-0.2, -0.15) is 21.6 Å². The van der Waals surface area contributed by atoms with E-state index in [1.807, 2.05) is 0 Å². The van der Waals surface area contributed by atoms with Gasteiger partial charge >= 0.3 is 15.6 Å². The molecule has 1 aliphatic heterocycles. The molecule has 1 aliphatic rings. The van der Waals surface area contributed by atoms with Gasteiger partial charge in [0.15, 0.2) is 0 Å². The van der Waals surface area contributed by atoms with E-state index in [2.05, 4.69) is 24.2 Å². The molecule has 0 aliphatic carbocycles. The van der Waals surface area contributed by atoms with Crippen molar-refractivity contribution in [1.82, 2.24) is 5.32 Å². The highest BCUT2D eigenvalue weighted by atomic mass is 32.2. The van der Waals surface area contributed by atoms with Crippen LogP contribution >= 0.6 is 0 Å². The highest BCUT2D eigenvalue weighted by molar-refractivity contribution is 7.86. The lowest BCUT2D eigenvalue weighted by molar-refractivity contribution is -0.0510. The van der Waals surface area contributed by atoms with Gasteiger partial charge in [0.1, 0.15) is 0 Å². The maximum Gasteiger partial charge on any atom is 0.522 e. The van der Waals surface area contributed by atoms with Gasteiger partial charge in [-0.25, -0.2) is 0 Å². The molecule has 0 saturated heterocycles.